The highest BCUT2D eigenvalue weighted by Gasteiger charge is 1.98. The molecule has 2 aromatic rings. The summed E-state index contributed by atoms with van der Waals surface area (Å²) in [7, 11) is 0. The number of aromatic nitrogens is 2. The van der Waals surface area contributed by atoms with Gasteiger partial charge in [0.1, 0.15) is 0 Å². The van der Waals surface area contributed by atoms with Crippen LogP contribution < -0.4 is 5.11 Å². The Morgan fingerprint density at radius 3 is 2.69 bits per heavy atom. The third-order valence-corrected chi connectivity index (χ3v) is 1.96. The van der Waals surface area contributed by atoms with E-state index in [1.54, 1.807) is 6.07 Å². The molecule has 0 unspecified atom stereocenters. The molecule has 13 heavy (non-hydrogen) atoms. The van der Waals surface area contributed by atoms with Crippen LogP contribution >= 0.6 is 12.2 Å². The summed E-state index contributed by atoms with van der Waals surface area (Å²) < 4.78 is 0.477. The number of H-pyrrole nitrogens is 2. The van der Waals surface area contributed by atoms with Crippen molar-refractivity contribution in [2.75, 3.05) is 0 Å². The van der Waals surface area contributed by atoms with E-state index in [0.717, 1.165) is 5.52 Å². The zero-order chi connectivity index (χ0) is 9.42. The van der Waals surface area contributed by atoms with Gasteiger partial charge >= 0.3 is 0 Å². The number of hydrogen-bond donors (Lipinski definition) is 2. The van der Waals surface area contributed by atoms with Crippen molar-refractivity contribution >= 4 is 29.2 Å². The van der Waals surface area contributed by atoms with Gasteiger partial charge in [0, 0.05) is 0 Å². The zero-order valence-electron chi connectivity index (χ0n) is 6.46. The molecule has 1 aromatic heterocycles. The molecule has 0 saturated carbocycles. The van der Waals surface area contributed by atoms with E-state index in [0.29, 0.717) is 10.3 Å². The van der Waals surface area contributed by atoms with Crippen molar-refractivity contribution in [2.24, 2.45) is 0 Å². The normalized spacial score (nSPS) is 10.5. The van der Waals surface area contributed by atoms with Crippen molar-refractivity contribution in [2.45, 2.75) is 0 Å². The molecule has 1 aromatic carbocycles. The lowest BCUT2D eigenvalue weighted by Gasteiger charge is -2.00. The maximum Gasteiger partial charge on any atom is 0.175 e. The molecule has 0 fully saturated rings. The van der Waals surface area contributed by atoms with E-state index in [4.69, 9.17) is 12.2 Å². The van der Waals surface area contributed by atoms with Crippen LogP contribution in [0.4, 0.5) is 0 Å². The summed E-state index contributed by atoms with van der Waals surface area (Å²) in [4.78, 5) is 16.2. The van der Waals surface area contributed by atoms with E-state index in [1.165, 1.54) is 12.1 Å². The van der Waals surface area contributed by atoms with E-state index < -0.39 is 5.97 Å². The first-order valence-electron chi connectivity index (χ1n) is 3.60. The molecular formula is C8H5N2O2S-. The van der Waals surface area contributed by atoms with Gasteiger partial charge in [-0.3, -0.25) is 0 Å². The summed E-state index contributed by atoms with van der Waals surface area (Å²) in [6.45, 7) is 0. The van der Waals surface area contributed by atoms with Crippen LogP contribution in [-0.2, 0) is 0 Å². The van der Waals surface area contributed by atoms with Gasteiger partial charge in [-0.1, -0.05) is 6.07 Å². The van der Waals surface area contributed by atoms with Crippen LogP contribution in [0.1, 0.15) is 10.4 Å². The zero-order valence-corrected chi connectivity index (χ0v) is 7.27. The van der Waals surface area contributed by atoms with Crippen LogP contribution in [0, 0.1) is 4.77 Å². The van der Waals surface area contributed by atoms with Crippen LogP contribution in [0.25, 0.3) is 11.0 Å². The van der Waals surface area contributed by atoms with Gasteiger partial charge in [0.2, 0.25) is 0 Å². The molecule has 2 rings (SSSR count). The third-order valence-electron chi connectivity index (χ3n) is 1.75. The smallest absolute Gasteiger partial charge is 0.175 e. The first-order chi connectivity index (χ1) is 6.16. The average Bonchev–Trinajstić information content (AvgIpc) is 2.42. The Balaban J connectivity index is 2.74. The number of fused-ring (bicyclic) bond motifs is 1. The van der Waals surface area contributed by atoms with Gasteiger partial charge in [-0.25, -0.2) is 0 Å². The minimum Gasteiger partial charge on any atom is -0.545 e. The number of aromatic carboxylic acids is 1. The fraction of sp³-hybridized carbons (Fsp3) is 0. The van der Waals surface area contributed by atoms with Crippen molar-refractivity contribution in [3.63, 3.8) is 0 Å². The van der Waals surface area contributed by atoms with Gasteiger partial charge in [-0.05, 0) is 29.9 Å². The number of carboxylic acids is 1. The number of carbonyl (C=O) groups is 1. The highest BCUT2D eigenvalue weighted by molar-refractivity contribution is 7.71. The fourth-order valence-electron chi connectivity index (χ4n) is 1.16. The second-order valence-corrected chi connectivity index (χ2v) is 3.04. The Bertz CT molecular complexity index is 526. The number of benzene rings is 1. The van der Waals surface area contributed by atoms with Crippen LogP contribution in [0.3, 0.4) is 0 Å². The number of nitrogens with one attached hydrogen (secondary N) is 2. The number of hydrogen-bond acceptors (Lipinski definition) is 3. The van der Waals surface area contributed by atoms with Crippen molar-refractivity contribution in [3.8, 4) is 0 Å². The highest BCUT2D eigenvalue weighted by Crippen LogP contribution is 2.11. The number of aromatic amines is 2. The molecule has 0 spiro atoms. The van der Waals surface area contributed by atoms with E-state index in [1.807, 2.05) is 0 Å². The standard InChI is InChI=1S/C8H6N2O2S/c11-7(12)4-1-2-5-6(3-4)10-8(13)9-5/h1-3H,(H,11,12)(H2,9,10,13)/p-1. The summed E-state index contributed by atoms with van der Waals surface area (Å²) >= 11 is 4.85. The minimum absolute atomic E-state index is 0.137. The molecule has 2 N–H and O–H groups in total. The van der Waals surface area contributed by atoms with Gasteiger partial charge < -0.3 is 19.9 Å². The lowest BCUT2D eigenvalue weighted by molar-refractivity contribution is -0.255. The Labute approximate surface area is 78.2 Å². The van der Waals surface area contributed by atoms with Crippen molar-refractivity contribution < 1.29 is 9.90 Å². The fourth-order valence-corrected chi connectivity index (χ4v) is 1.38. The average molecular weight is 193 g/mol. The maximum absolute atomic E-state index is 10.5. The minimum atomic E-state index is -1.19. The Kier molecular flexibility index (Phi) is 1.66. The summed E-state index contributed by atoms with van der Waals surface area (Å²) in [5, 5.41) is 10.5. The van der Waals surface area contributed by atoms with E-state index >= 15 is 0 Å². The quantitative estimate of drug-likeness (QED) is 0.651. The van der Waals surface area contributed by atoms with Crippen molar-refractivity contribution in [3.05, 3.63) is 28.5 Å². The molecule has 0 aliphatic heterocycles. The van der Waals surface area contributed by atoms with Crippen LogP contribution in [0.15, 0.2) is 18.2 Å². The second kappa shape index (κ2) is 2.70. The molecule has 1 heterocycles. The topological polar surface area (TPSA) is 71.7 Å². The predicted molar refractivity (Wildman–Crippen MR) is 47.8 cm³/mol. The summed E-state index contributed by atoms with van der Waals surface area (Å²) in [5.74, 6) is -1.19. The molecular weight excluding hydrogens is 188 g/mol. The Hall–Kier alpha value is -1.62. The highest BCUT2D eigenvalue weighted by atomic mass is 32.1. The lowest BCUT2D eigenvalue weighted by atomic mass is 10.2. The molecule has 5 heteroatoms. The molecule has 0 saturated heterocycles. The van der Waals surface area contributed by atoms with Crippen molar-refractivity contribution in [1.82, 2.24) is 9.97 Å². The maximum atomic E-state index is 10.5. The lowest BCUT2D eigenvalue weighted by Crippen LogP contribution is -2.21. The first kappa shape index (κ1) is 8.00. The number of imidazole rings is 1. The molecule has 4 nitrogen and oxygen atoms in total. The molecule has 0 bridgehead atoms. The largest absolute Gasteiger partial charge is 0.545 e. The van der Waals surface area contributed by atoms with Gasteiger partial charge in [0.15, 0.2) is 4.77 Å². The number of carboxylic acid groups (broad SMARTS) is 1. The molecule has 0 atom stereocenters. The summed E-state index contributed by atoms with van der Waals surface area (Å²) in [6.07, 6.45) is 0. The Morgan fingerprint density at radius 2 is 2.00 bits per heavy atom. The van der Waals surface area contributed by atoms with Crippen molar-refractivity contribution in [1.29, 1.82) is 0 Å². The van der Waals surface area contributed by atoms with Gasteiger partial charge in [0.25, 0.3) is 0 Å². The van der Waals surface area contributed by atoms with E-state index in [9.17, 15) is 9.90 Å². The Morgan fingerprint density at radius 1 is 1.31 bits per heavy atom. The van der Waals surface area contributed by atoms with Gasteiger partial charge in [0.05, 0.1) is 17.0 Å². The molecule has 0 aliphatic rings. The summed E-state index contributed by atoms with van der Waals surface area (Å²) in [5.41, 5.74) is 1.60. The van der Waals surface area contributed by atoms with Crippen LogP contribution in [-0.4, -0.2) is 15.9 Å². The molecule has 0 aliphatic carbocycles. The number of carbonyl (C=O) groups excluding carboxylic acids is 1. The monoisotopic (exact) mass is 193 g/mol. The first-order valence-corrected chi connectivity index (χ1v) is 4.01. The van der Waals surface area contributed by atoms with E-state index in [-0.39, 0.29) is 5.56 Å². The number of rotatable bonds is 1. The predicted octanol–water partition coefficient (Wildman–Crippen LogP) is 0.589. The SMILES string of the molecule is O=C([O-])c1ccc2[nH]c(=S)[nH]c2c1. The second-order valence-electron chi connectivity index (χ2n) is 2.63. The van der Waals surface area contributed by atoms with Gasteiger partial charge in [-0.15, -0.1) is 0 Å². The summed E-state index contributed by atoms with van der Waals surface area (Å²) in [6, 6.07) is 4.60. The molecule has 66 valence electrons. The van der Waals surface area contributed by atoms with Crippen LogP contribution in [0.2, 0.25) is 0 Å². The van der Waals surface area contributed by atoms with E-state index in [2.05, 4.69) is 9.97 Å². The molecule has 0 amide bonds. The van der Waals surface area contributed by atoms with Gasteiger partial charge in [-0.2, -0.15) is 0 Å². The van der Waals surface area contributed by atoms with Crippen LogP contribution in [0.5, 0.6) is 0 Å². The molecule has 0 radical (unpaired) electrons. The third kappa shape index (κ3) is 1.33.